The van der Waals surface area contributed by atoms with E-state index in [-0.39, 0.29) is 0 Å². The van der Waals surface area contributed by atoms with E-state index in [4.69, 9.17) is 29.0 Å². The third kappa shape index (κ3) is 4.68. The predicted molar refractivity (Wildman–Crippen MR) is 136 cm³/mol. The molecule has 2 aliphatic rings. The Bertz CT molecular complexity index is 1360. The number of fused-ring (bicyclic) bond motifs is 2. The lowest BCUT2D eigenvalue weighted by Gasteiger charge is -2.19. The minimum atomic E-state index is 0.555. The van der Waals surface area contributed by atoms with E-state index >= 15 is 0 Å². The summed E-state index contributed by atoms with van der Waals surface area (Å²) in [4.78, 5) is 7.21. The normalized spacial score (nSPS) is 15.4. The van der Waals surface area contributed by atoms with Crippen LogP contribution < -0.4 is 18.9 Å². The van der Waals surface area contributed by atoms with Crippen molar-refractivity contribution in [2.24, 2.45) is 0 Å². The first-order chi connectivity index (χ1) is 17.8. The van der Waals surface area contributed by atoms with E-state index in [0.29, 0.717) is 26.2 Å². The van der Waals surface area contributed by atoms with Crippen molar-refractivity contribution >= 4 is 5.65 Å². The second-order valence-electron chi connectivity index (χ2n) is 9.13. The molecule has 6 rings (SSSR count). The highest BCUT2D eigenvalue weighted by molar-refractivity contribution is 5.66. The van der Waals surface area contributed by atoms with Crippen molar-refractivity contribution in [3.05, 3.63) is 66.0 Å². The monoisotopic (exact) mass is 486 g/mol. The standard InChI is InChI=1S/C28H30N4O4/c1-33-25-17-20(7-9-23(25)34-14-13-31-11-2-3-12-31)18-27-29-28-6-4-5-22(32(28)30-27)21-8-10-24-26(19-21)36-16-15-35-24/h4-10,17,19H,2-3,11-16,18H2,1H3. The first-order valence-corrected chi connectivity index (χ1v) is 12.5. The maximum atomic E-state index is 6.03. The first-order valence-electron chi connectivity index (χ1n) is 12.5. The number of aromatic nitrogens is 3. The molecule has 1 fully saturated rings. The third-order valence-corrected chi connectivity index (χ3v) is 6.70. The number of rotatable bonds is 8. The van der Waals surface area contributed by atoms with E-state index in [2.05, 4.69) is 11.0 Å². The van der Waals surface area contributed by atoms with Gasteiger partial charge in [-0.25, -0.2) is 9.50 Å². The van der Waals surface area contributed by atoms with Crippen molar-refractivity contribution < 1.29 is 18.9 Å². The Morgan fingerprint density at radius 1 is 0.917 bits per heavy atom. The van der Waals surface area contributed by atoms with Gasteiger partial charge in [0.1, 0.15) is 19.8 Å². The number of methoxy groups -OCH3 is 1. The Labute approximate surface area is 210 Å². The van der Waals surface area contributed by atoms with E-state index in [0.717, 1.165) is 57.8 Å². The van der Waals surface area contributed by atoms with Gasteiger partial charge in [0.2, 0.25) is 0 Å². The second-order valence-corrected chi connectivity index (χ2v) is 9.13. The lowest BCUT2D eigenvalue weighted by Crippen LogP contribution is -2.25. The predicted octanol–water partition coefficient (Wildman–Crippen LogP) is 4.24. The average molecular weight is 487 g/mol. The van der Waals surface area contributed by atoms with Crippen LogP contribution in [0.3, 0.4) is 0 Å². The fraction of sp³-hybridized carbons (Fsp3) is 0.357. The van der Waals surface area contributed by atoms with Crippen molar-refractivity contribution in [3.63, 3.8) is 0 Å². The number of hydrogen-bond donors (Lipinski definition) is 0. The maximum Gasteiger partial charge on any atom is 0.162 e. The van der Waals surface area contributed by atoms with Crippen LogP contribution in [0.5, 0.6) is 23.0 Å². The molecule has 0 N–H and O–H groups in total. The van der Waals surface area contributed by atoms with Crippen molar-refractivity contribution in [2.45, 2.75) is 19.3 Å². The molecule has 0 spiro atoms. The van der Waals surface area contributed by atoms with E-state index in [1.807, 2.05) is 53.0 Å². The molecule has 0 radical (unpaired) electrons. The average Bonchev–Trinajstić information content (AvgIpc) is 3.58. The van der Waals surface area contributed by atoms with E-state index in [9.17, 15) is 0 Å². The van der Waals surface area contributed by atoms with Crippen LogP contribution in [0.25, 0.3) is 16.9 Å². The van der Waals surface area contributed by atoms with Crippen LogP contribution in [-0.4, -0.2) is 66.1 Å². The van der Waals surface area contributed by atoms with Crippen LogP contribution in [0.2, 0.25) is 0 Å². The molecule has 0 amide bonds. The summed E-state index contributed by atoms with van der Waals surface area (Å²) in [5.74, 6) is 3.77. The van der Waals surface area contributed by atoms with E-state index in [1.165, 1.54) is 25.9 Å². The van der Waals surface area contributed by atoms with Crippen LogP contribution in [0.4, 0.5) is 0 Å². The van der Waals surface area contributed by atoms with Crippen LogP contribution in [-0.2, 0) is 6.42 Å². The second kappa shape index (κ2) is 10.1. The van der Waals surface area contributed by atoms with Gasteiger partial charge >= 0.3 is 0 Å². The van der Waals surface area contributed by atoms with Crippen LogP contribution in [0.1, 0.15) is 24.2 Å². The lowest BCUT2D eigenvalue weighted by molar-refractivity contribution is 0.171. The molecule has 1 saturated heterocycles. The smallest absolute Gasteiger partial charge is 0.162 e. The van der Waals surface area contributed by atoms with Crippen molar-refractivity contribution in [1.29, 1.82) is 0 Å². The van der Waals surface area contributed by atoms with Gasteiger partial charge in [-0.3, -0.25) is 4.90 Å². The van der Waals surface area contributed by atoms with Crippen molar-refractivity contribution in [2.75, 3.05) is 46.6 Å². The number of nitrogens with zero attached hydrogens (tertiary/aromatic N) is 4. The molecule has 0 bridgehead atoms. The summed E-state index contributed by atoms with van der Waals surface area (Å²) in [6, 6.07) is 18.0. The zero-order valence-electron chi connectivity index (χ0n) is 20.5. The number of benzene rings is 2. The summed E-state index contributed by atoms with van der Waals surface area (Å²) in [6.07, 6.45) is 3.16. The molecule has 36 heavy (non-hydrogen) atoms. The third-order valence-electron chi connectivity index (χ3n) is 6.70. The maximum absolute atomic E-state index is 6.03. The zero-order chi connectivity index (χ0) is 24.3. The van der Waals surface area contributed by atoms with Gasteiger partial charge in [-0.15, -0.1) is 0 Å². The van der Waals surface area contributed by atoms with Gasteiger partial charge in [-0.05, 0) is 74.0 Å². The molecule has 0 aliphatic carbocycles. The van der Waals surface area contributed by atoms with Crippen molar-refractivity contribution in [3.8, 4) is 34.3 Å². The summed E-state index contributed by atoms with van der Waals surface area (Å²) in [6.45, 7) is 5.07. The van der Waals surface area contributed by atoms with Crippen molar-refractivity contribution in [1.82, 2.24) is 19.5 Å². The number of likely N-dealkylation sites (tertiary alicyclic amines) is 1. The lowest BCUT2D eigenvalue weighted by atomic mass is 10.1. The molecule has 2 aromatic heterocycles. The summed E-state index contributed by atoms with van der Waals surface area (Å²) >= 11 is 0. The number of ether oxygens (including phenoxy) is 4. The van der Waals surface area contributed by atoms with Gasteiger partial charge in [0, 0.05) is 18.5 Å². The molecule has 0 atom stereocenters. The van der Waals surface area contributed by atoms with Crippen LogP contribution in [0, 0.1) is 0 Å². The van der Waals surface area contributed by atoms with Gasteiger partial charge in [0.05, 0.1) is 12.8 Å². The molecular weight excluding hydrogens is 456 g/mol. The Morgan fingerprint density at radius 3 is 2.64 bits per heavy atom. The van der Waals surface area contributed by atoms with Gasteiger partial charge in [-0.1, -0.05) is 12.1 Å². The topological polar surface area (TPSA) is 70.3 Å². The number of pyridine rings is 1. The fourth-order valence-electron chi connectivity index (χ4n) is 4.86. The Balaban J connectivity index is 1.20. The van der Waals surface area contributed by atoms with Gasteiger partial charge < -0.3 is 18.9 Å². The minimum absolute atomic E-state index is 0.555. The molecule has 4 aromatic rings. The molecule has 2 aliphatic heterocycles. The molecule has 0 saturated carbocycles. The Hall–Kier alpha value is -3.78. The molecule has 8 nitrogen and oxygen atoms in total. The van der Waals surface area contributed by atoms with Gasteiger partial charge in [0.25, 0.3) is 0 Å². The Morgan fingerprint density at radius 2 is 1.78 bits per heavy atom. The summed E-state index contributed by atoms with van der Waals surface area (Å²) in [5.41, 5.74) is 3.81. The molecule has 0 unspecified atom stereocenters. The molecular formula is C28H30N4O4. The quantitative estimate of drug-likeness (QED) is 0.369. The molecule has 4 heterocycles. The van der Waals surface area contributed by atoms with Gasteiger partial charge in [-0.2, -0.15) is 5.10 Å². The highest BCUT2D eigenvalue weighted by Crippen LogP contribution is 2.34. The van der Waals surface area contributed by atoms with Gasteiger partial charge in [0.15, 0.2) is 34.5 Å². The SMILES string of the molecule is COc1cc(Cc2nc3cccc(-c4ccc5c(c4)OCCO5)n3n2)ccc1OCCN1CCCC1. The van der Waals surface area contributed by atoms with Crippen LogP contribution in [0.15, 0.2) is 54.6 Å². The summed E-state index contributed by atoms with van der Waals surface area (Å²) in [7, 11) is 1.68. The van der Waals surface area contributed by atoms with E-state index < -0.39 is 0 Å². The molecule has 8 heteroatoms. The largest absolute Gasteiger partial charge is 0.493 e. The van der Waals surface area contributed by atoms with E-state index in [1.54, 1.807) is 7.11 Å². The summed E-state index contributed by atoms with van der Waals surface area (Å²) in [5, 5.41) is 4.82. The number of hydrogen-bond acceptors (Lipinski definition) is 7. The summed E-state index contributed by atoms with van der Waals surface area (Å²) < 4.78 is 25.0. The minimum Gasteiger partial charge on any atom is -0.493 e. The first kappa shape index (κ1) is 22.7. The zero-order valence-corrected chi connectivity index (χ0v) is 20.5. The highest BCUT2D eigenvalue weighted by atomic mass is 16.6. The van der Waals surface area contributed by atoms with Crippen LogP contribution >= 0.6 is 0 Å². The highest BCUT2D eigenvalue weighted by Gasteiger charge is 2.16. The fourth-order valence-corrected chi connectivity index (χ4v) is 4.86. The molecule has 2 aromatic carbocycles. The molecule has 186 valence electrons. The Kier molecular flexibility index (Phi) is 6.34.